The molecule has 1 aliphatic heterocycles. The molecule has 3 rings (SSSR count). The van der Waals surface area contributed by atoms with Crippen LogP contribution >= 0.6 is 0 Å². The van der Waals surface area contributed by atoms with E-state index in [1.54, 1.807) is 6.20 Å². The first-order valence-corrected chi connectivity index (χ1v) is 7.36. The Kier molecular flexibility index (Phi) is 4.43. The summed E-state index contributed by atoms with van der Waals surface area (Å²) in [6.07, 6.45) is 2.56. The molecular weight excluding hydrogens is 284 g/mol. The fraction of sp³-hybridized carbons (Fsp3) is 0.467. The molecule has 1 saturated heterocycles. The molecule has 7 heteroatoms. The number of carbonyl (C=O) groups excluding carboxylic acids is 1. The molecule has 0 radical (unpaired) electrons. The molecule has 0 aliphatic carbocycles. The van der Waals surface area contributed by atoms with Crippen molar-refractivity contribution in [1.82, 2.24) is 20.0 Å². The molecule has 0 saturated carbocycles. The topological polar surface area (TPSA) is 81.4 Å². The fourth-order valence-electron chi connectivity index (χ4n) is 2.37. The normalized spacial score (nSPS) is 18.4. The Bertz CT molecular complexity index is 629. The number of nitrogens with zero attached hydrogens (tertiary/aromatic N) is 4. The van der Waals surface area contributed by atoms with Crippen LogP contribution in [-0.2, 0) is 16.0 Å². The van der Waals surface area contributed by atoms with Gasteiger partial charge < -0.3 is 14.2 Å². The van der Waals surface area contributed by atoms with Crippen molar-refractivity contribution in [3.05, 3.63) is 30.3 Å². The number of aromatic nitrogens is 3. The van der Waals surface area contributed by atoms with Gasteiger partial charge in [0.15, 0.2) is 0 Å². The van der Waals surface area contributed by atoms with Crippen LogP contribution in [0.2, 0.25) is 0 Å². The Hall–Kier alpha value is -2.28. The van der Waals surface area contributed by atoms with Gasteiger partial charge in [0.2, 0.25) is 17.6 Å². The summed E-state index contributed by atoms with van der Waals surface area (Å²) in [5.41, 5.74) is 0.658. The Balaban J connectivity index is 1.56. The monoisotopic (exact) mass is 302 g/mol. The lowest BCUT2D eigenvalue weighted by Crippen LogP contribution is -2.44. The third-order valence-electron chi connectivity index (χ3n) is 3.51. The van der Waals surface area contributed by atoms with Crippen molar-refractivity contribution in [2.45, 2.75) is 25.9 Å². The predicted molar refractivity (Wildman–Crippen MR) is 77.8 cm³/mol. The van der Waals surface area contributed by atoms with Gasteiger partial charge in [-0.05, 0) is 19.1 Å². The molecule has 0 aromatic carbocycles. The molecule has 0 unspecified atom stereocenters. The molecule has 7 nitrogen and oxygen atoms in total. The van der Waals surface area contributed by atoms with E-state index in [-0.39, 0.29) is 12.0 Å². The lowest BCUT2D eigenvalue weighted by Gasteiger charge is -2.31. The van der Waals surface area contributed by atoms with Gasteiger partial charge in [-0.25, -0.2) is 0 Å². The largest absolute Gasteiger partial charge is 0.375 e. The van der Waals surface area contributed by atoms with E-state index < -0.39 is 0 Å². The van der Waals surface area contributed by atoms with Crippen LogP contribution in [0.15, 0.2) is 28.9 Å². The van der Waals surface area contributed by atoms with E-state index in [2.05, 4.69) is 15.1 Å². The highest BCUT2D eigenvalue weighted by Gasteiger charge is 2.21. The molecular formula is C15H18N4O3. The number of pyridine rings is 1. The Morgan fingerprint density at radius 1 is 1.45 bits per heavy atom. The Labute approximate surface area is 128 Å². The molecule has 116 valence electrons. The zero-order valence-corrected chi connectivity index (χ0v) is 12.4. The number of amides is 1. The third-order valence-corrected chi connectivity index (χ3v) is 3.51. The smallest absolute Gasteiger partial charge is 0.227 e. The minimum Gasteiger partial charge on any atom is -0.375 e. The lowest BCUT2D eigenvalue weighted by molar-refractivity contribution is -0.138. The maximum absolute atomic E-state index is 12.2. The van der Waals surface area contributed by atoms with E-state index in [4.69, 9.17) is 9.26 Å². The number of rotatable bonds is 4. The first-order valence-electron chi connectivity index (χ1n) is 7.36. The van der Waals surface area contributed by atoms with E-state index >= 15 is 0 Å². The summed E-state index contributed by atoms with van der Waals surface area (Å²) >= 11 is 0. The number of hydrogen-bond donors (Lipinski definition) is 0. The number of ether oxygens (including phenoxy) is 1. The minimum absolute atomic E-state index is 0.0905. The van der Waals surface area contributed by atoms with Crippen molar-refractivity contribution in [2.24, 2.45) is 0 Å². The number of aryl methyl sites for hydroxylation is 1. The van der Waals surface area contributed by atoms with Gasteiger partial charge in [-0.15, -0.1) is 0 Å². The van der Waals surface area contributed by atoms with Gasteiger partial charge in [-0.1, -0.05) is 11.2 Å². The number of morpholine rings is 1. The third kappa shape index (κ3) is 3.48. The van der Waals surface area contributed by atoms with Crippen molar-refractivity contribution >= 4 is 5.91 Å². The van der Waals surface area contributed by atoms with Gasteiger partial charge >= 0.3 is 0 Å². The molecule has 0 spiro atoms. The van der Waals surface area contributed by atoms with Gasteiger partial charge in [0.25, 0.3) is 0 Å². The fourth-order valence-corrected chi connectivity index (χ4v) is 2.37. The Morgan fingerprint density at radius 3 is 3.14 bits per heavy atom. The SMILES string of the molecule is C[C@@H]1CN(C(=O)CCc2nc(-c3ccccn3)no2)CCO1. The van der Waals surface area contributed by atoms with E-state index in [0.717, 1.165) is 0 Å². The molecule has 2 aromatic heterocycles. The van der Waals surface area contributed by atoms with Gasteiger partial charge in [-0.2, -0.15) is 4.98 Å². The summed E-state index contributed by atoms with van der Waals surface area (Å²) in [5.74, 6) is 0.992. The van der Waals surface area contributed by atoms with E-state index in [9.17, 15) is 4.79 Å². The van der Waals surface area contributed by atoms with Crippen molar-refractivity contribution in [1.29, 1.82) is 0 Å². The van der Waals surface area contributed by atoms with Gasteiger partial charge in [0, 0.05) is 32.1 Å². The molecule has 0 bridgehead atoms. The standard InChI is InChI=1S/C15H18N4O3/c1-11-10-19(8-9-21-11)14(20)6-5-13-17-15(18-22-13)12-4-2-3-7-16-12/h2-4,7,11H,5-6,8-10H2,1H3/t11-/m1/s1. The summed E-state index contributed by atoms with van der Waals surface area (Å²) in [6.45, 7) is 3.85. The van der Waals surface area contributed by atoms with Crippen LogP contribution < -0.4 is 0 Å². The highest BCUT2D eigenvalue weighted by atomic mass is 16.5. The molecule has 1 fully saturated rings. The quantitative estimate of drug-likeness (QED) is 0.847. The van der Waals surface area contributed by atoms with Gasteiger partial charge in [0.1, 0.15) is 5.69 Å². The van der Waals surface area contributed by atoms with Crippen molar-refractivity contribution in [2.75, 3.05) is 19.7 Å². The van der Waals surface area contributed by atoms with Crippen molar-refractivity contribution in [3.8, 4) is 11.5 Å². The van der Waals surface area contributed by atoms with Crippen molar-refractivity contribution < 1.29 is 14.1 Å². The maximum Gasteiger partial charge on any atom is 0.227 e. The van der Waals surface area contributed by atoms with E-state index in [0.29, 0.717) is 49.9 Å². The highest BCUT2D eigenvalue weighted by molar-refractivity contribution is 5.76. The first kappa shape index (κ1) is 14.6. The lowest BCUT2D eigenvalue weighted by atomic mass is 10.2. The average Bonchev–Trinajstić information content (AvgIpc) is 3.02. The molecule has 1 aliphatic rings. The van der Waals surface area contributed by atoms with Crippen LogP contribution in [-0.4, -0.2) is 51.7 Å². The van der Waals surface area contributed by atoms with Gasteiger partial charge in [-0.3, -0.25) is 9.78 Å². The van der Waals surface area contributed by atoms with Crippen LogP contribution in [0.4, 0.5) is 0 Å². The molecule has 3 heterocycles. The first-order chi connectivity index (χ1) is 10.7. The molecule has 1 atom stereocenters. The van der Waals surface area contributed by atoms with Crippen LogP contribution in [0.25, 0.3) is 11.5 Å². The van der Waals surface area contributed by atoms with Crippen LogP contribution in [0.5, 0.6) is 0 Å². The van der Waals surface area contributed by atoms with Crippen LogP contribution in [0, 0.1) is 0 Å². The summed E-state index contributed by atoms with van der Waals surface area (Å²) in [6, 6.07) is 5.50. The molecule has 22 heavy (non-hydrogen) atoms. The zero-order valence-electron chi connectivity index (χ0n) is 12.4. The number of hydrogen-bond acceptors (Lipinski definition) is 6. The summed E-state index contributed by atoms with van der Waals surface area (Å²) < 4.78 is 10.6. The minimum atomic E-state index is 0.0905. The molecule has 1 amide bonds. The second-order valence-corrected chi connectivity index (χ2v) is 5.25. The average molecular weight is 302 g/mol. The van der Waals surface area contributed by atoms with Crippen molar-refractivity contribution in [3.63, 3.8) is 0 Å². The predicted octanol–water partition coefficient (Wildman–Crippen LogP) is 1.31. The van der Waals surface area contributed by atoms with Crippen LogP contribution in [0.1, 0.15) is 19.2 Å². The zero-order chi connectivity index (χ0) is 15.4. The maximum atomic E-state index is 12.2. The second-order valence-electron chi connectivity index (χ2n) is 5.25. The number of carbonyl (C=O) groups is 1. The van der Waals surface area contributed by atoms with E-state index in [1.807, 2.05) is 30.0 Å². The molecule has 0 N–H and O–H groups in total. The highest BCUT2D eigenvalue weighted by Crippen LogP contribution is 2.13. The molecule has 2 aromatic rings. The second kappa shape index (κ2) is 6.65. The summed E-state index contributed by atoms with van der Waals surface area (Å²) in [5, 5.41) is 3.90. The van der Waals surface area contributed by atoms with Crippen LogP contribution in [0.3, 0.4) is 0 Å². The summed E-state index contributed by atoms with van der Waals surface area (Å²) in [4.78, 5) is 22.4. The van der Waals surface area contributed by atoms with E-state index in [1.165, 1.54) is 0 Å². The Morgan fingerprint density at radius 2 is 2.36 bits per heavy atom. The van der Waals surface area contributed by atoms with Gasteiger partial charge in [0.05, 0.1) is 12.7 Å². The summed E-state index contributed by atoms with van der Waals surface area (Å²) in [7, 11) is 0.